The van der Waals surface area contributed by atoms with Gasteiger partial charge in [-0.15, -0.1) is 0 Å². The molecule has 9 heavy (non-hydrogen) atoms. The Labute approximate surface area is 52.4 Å². The van der Waals surface area contributed by atoms with Gasteiger partial charge in [-0.05, 0) is 0 Å². The van der Waals surface area contributed by atoms with Gasteiger partial charge in [-0.1, -0.05) is 0 Å². The van der Waals surface area contributed by atoms with Gasteiger partial charge in [0.15, 0.2) is 12.4 Å². The number of esters is 1. The Kier molecular flexibility index (Phi) is 1.58. The van der Waals surface area contributed by atoms with E-state index in [1.54, 1.807) is 0 Å². The summed E-state index contributed by atoms with van der Waals surface area (Å²) in [5.74, 6) is -0.396. The van der Waals surface area contributed by atoms with Gasteiger partial charge < -0.3 is 14.8 Å². The van der Waals surface area contributed by atoms with Crippen molar-refractivity contribution in [1.29, 1.82) is 0 Å². The van der Waals surface area contributed by atoms with Gasteiger partial charge in [0, 0.05) is 0 Å². The van der Waals surface area contributed by atoms with Gasteiger partial charge in [-0.2, -0.15) is 0 Å². The van der Waals surface area contributed by atoms with E-state index in [0.29, 0.717) is 12.4 Å². The molecule has 0 atom stereocenters. The Morgan fingerprint density at radius 1 is 2.00 bits per heavy atom. The zero-order chi connectivity index (χ0) is 6.69. The van der Waals surface area contributed by atoms with Crippen LogP contribution in [0.3, 0.4) is 0 Å². The highest BCUT2D eigenvalue weighted by atomic mass is 16.5. The molecular formula is C5H7NO3. The maximum Gasteiger partial charge on any atom is 0.357 e. The molecule has 1 N–H and O–H groups in total. The fourth-order valence-corrected chi connectivity index (χ4v) is 0.516. The number of nitrogens with one attached hydrogen (secondary N) is 1. The Bertz CT molecular complexity index is 152. The van der Waals surface area contributed by atoms with E-state index in [0.717, 1.165) is 0 Å². The highest BCUT2D eigenvalue weighted by Gasteiger charge is 2.12. The molecule has 0 saturated carbocycles. The van der Waals surface area contributed by atoms with Crippen molar-refractivity contribution in [2.45, 2.75) is 0 Å². The van der Waals surface area contributed by atoms with E-state index in [1.807, 2.05) is 0 Å². The van der Waals surface area contributed by atoms with Crippen molar-refractivity contribution in [1.82, 2.24) is 5.32 Å². The minimum Gasteiger partial charge on any atom is -0.478 e. The van der Waals surface area contributed by atoms with Gasteiger partial charge in [-0.25, -0.2) is 4.79 Å². The van der Waals surface area contributed by atoms with Gasteiger partial charge in [0.25, 0.3) is 0 Å². The molecule has 1 rings (SSSR count). The summed E-state index contributed by atoms with van der Waals surface area (Å²) in [5.41, 5.74) is 0.373. The van der Waals surface area contributed by atoms with Crippen molar-refractivity contribution in [3.8, 4) is 0 Å². The summed E-state index contributed by atoms with van der Waals surface area (Å²) in [7, 11) is 1.32. The molecule has 0 unspecified atom stereocenters. The quantitative estimate of drug-likeness (QED) is 0.488. The van der Waals surface area contributed by atoms with Gasteiger partial charge in [0.1, 0.15) is 6.26 Å². The molecule has 50 valence electrons. The molecule has 0 aromatic heterocycles. The average Bonchev–Trinajstić information content (AvgIpc) is 2.37. The van der Waals surface area contributed by atoms with Crippen molar-refractivity contribution in [3.63, 3.8) is 0 Å². The fourth-order valence-electron chi connectivity index (χ4n) is 0.516. The summed E-state index contributed by atoms with van der Waals surface area (Å²) in [6, 6.07) is 0. The number of ether oxygens (including phenoxy) is 2. The third-order valence-electron chi connectivity index (χ3n) is 0.952. The third kappa shape index (κ3) is 1.13. The summed E-state index contributed by atoms with van der Waals surface area (Å²) in [4.78, 5) is 10.6. The molecule has 0 radical (unpaired) electrons. The van der Waals surface area contributed by atoms with E-state index in [4.69, 9.17) is 4.74 Å². The molecule has 4 nitrogen and oxygen atoms in total. The fraction of sp³-hybridized carbons (Fsp3) is 0.400. The van der Waals surface area contributed by atoms with E-state index in [2.05, 4.69) is 10.1 Å². The molecule has 1 aliphatic rings. The molecular weight excluding hydrogens is 122 g/mol. The first-order chi connectivity index (χ1) is 4.34. The van der Waals surface area contributed by atoms with Crippen LogP contribution in [0.1, 0.15) is 0 Å². The summed E-state index contributed by atoms with van der Waals surface area (Å²) >= 11 is 0. The lowest BCUT2D eigenvalue weighted by atomic mass is 10.5. The number of methoxy groups -OCH3 is 1. The van der Waals surface area contributed by atoms with Crippen LogP contribution in [0.5, 0.6) is 0 Å². The lowest BCUT2D eigenvalue weighted by Gasteiger charge is -1.96. The van der Waals surface area contributed by atoms with E-state index in [-0.39, 0.29) is 0 Å². The van der Waals surface area contributed by atoms with Crippen LogP contribution in [-0.2, 0) is 14.3 Å². The molecule has 0 aromatic rings. The van der Waals surface area contributed by atoms with Crippen molar-refractivity contribution in [2.75, 3.05) is 13.8 Å². The molecule has 0 fully saturated rings. The summed E-state index contributed by atoms with van der Waals surface area (Å²) in [6.45, 7) is 0.352. The number of hydrogen-bond donors (Lipinski definition) is 1. The second kappa shape index (κ2) is 2.39. The second-order valence-electron chi connectivity index (χ2n) is 1.51. The Morgan fingerprint density at radius 2 is 2.78 bits per heavy atom. The molecule has 0 bridgehead atoms. The standard InChI is InChI=1S/C5H7NO3/c1-8-5(7)4-2-9-3-6-4/h2,6H,3H2,1H3. The van der Waals surface area contributed by atoms with E-state index >= 15 is 0 Å². The molecule has 1 heterocycles. The van der Waals surface area contributed by atoms with E-state index in [1.165, 1.54) is 13.4 Å². The molecule has 0 aliphatic carbocycles. The predicted octanol–water partition coefficient (Wildman–Crippen LogP) is -0.422. The van der Waals surface area contributed by atoms with Crippen molar-refractivity contribution >= 4 is 5.97 Å². The minimum absolute atomic E-state index is 0.352. The highest BCUT2D eigenvalue weighted by molar-refractivity contribution is 5.87. The molecule has 0 saturated heterocycles. The zero-order valence-corrected chi connectivity index (χ0v) is 5.01. The van der Waals surface area contributed by atoms with Gasteiger partial charge in [0.2, 0.25) is 0 Å². The Balaban J connectivity index is 2.51. The smallest absolute Gasteiger partial charge is 0.357 e. The molecule has 1 aliphatic heterocycles. The van der Waals surface area contributed by atoms with Crippen LogP contribution in [0.25, 0.3) is 0 Å². The first-order valence-corrected chi connectivity index (χ1v) is 2.48. The number of rotatable bonds is 1. The third-order valence-corrected chi connectivity index (χ3v) is 0.952. The number of carbonyl (C=O) groups is 1. The van der Waals surface area contributed by atoms with Crippen LogP contribution in [0, 0.1) is 0 Å². The van der Waals surface area contributed by atoms with Crippen LogP contribution in [-0.4, -0.2) is 19.8 Å². The summed E-state index contributed by atoms with van der Waals surface area (Å²) in [6.07, 6.45) is 1.34. The monoisotopic (exact) mass is 129 g/mol. The maximum absolute atomic E-state index is 10.6. The predicted molar refractivity (Wildman–Crippen MR) is 29.2 cm³/mol. The number of hydrogen-bond acceptors (Lipinski definition) is 4. The Morgan fingerprint density at radius 3 is 3.22 bits per heavy atom. The first kappa shape index (κ1) is 5.94. The molecule has 0 amide bonds. The average molecular weight is 129 g/mol. The highest BCUT2D eigenvalue weighted by Crippen LogP contribution is 1.98. The SMILES string of the molecule is COC(=O)C1=COCN1. The van der Waals surface area contributed by atoms with Crippen LogP contribution in [0.2, 0.25) is 0 Å². The van der Waals surface area contributed by atoms with Crippen LogP contribution in [0.15, 0.2) is 12.0 Å². The van der Waals surface area contributed by atoms with Gasteiger partial charge >= 0.3 is 5.97 Å². The summed E-state index contributed by atoms with van der Waals surface area (Å²) in [5, 5.41) is 2.67. The van der Waals surface area contributed by atoms with Crippen LogP contribution < -0.4 is 5.32 Å². The topological polar surface area (TPSA) is 47.6 Å². The lowest BCUT2D eigenvalue weighted by molar-refractivity contribution is -0.136. The molecule has 4 heteroatoms. The summed E-state index contributed by atoms with van der Waals surface area (Å²) < 4.78 is 9.09. The van der Waals surface area contributed by atoms with Crippen LogP contribution >= 0.6 is 0 Å². The molecule has 0 spiro atoms. The van der Waals surface area contributed by atoms with Gasteiger partial charge in [0.05, 0.1) is 7.11 Å². The van der Waals surface area contributed by atoms with E-state index in [9.17, 15) is 4.79 Å². The lowest BCUT2D eigenvalue weighted by Crippen LogP contribution is -2.17. The van der Waals surface area contributed by atoms with Crippen molar-refractivity contribution < 1.29 is 14.3 Å². The van der Waals surface area contributed by atoms with Gasteiger partial charge in [-0.3, -0.25) is 0 Å². The normalized spacial score (nSPS) is 15.4. The first-order valence-electron chi connectivity index (χ1n) is 2.48. The van der Waals surface area contributed by atoms with Crippen molar-refractivity contribution in [3.05, 3.63) is 12.0 Å². The van der Waals surface area contributed by atoms with E-state index < -0.39 is 5.97 Å². The van der Waals surface area contributed by atoms with Crippen molar-refractivity contribution in [2.24, 2.45) is 0 Å². The van der Waals surface area contributed by atoms with Crippen LogP contribution in [0.4, 0.5) is 0 Å². The minimum atomic E-state index is -0.396. The number of carbonyl (C=O) groups excluding carboxylic acids is 1. The zero-order valence-electron chi connectivity index (χ0n) is 5.01. The largest absolute Gasteiger partial charge is 0.478 e. The molecule has 0 aromatic carbocycles. The Hall–Kier alpha value is -1.19. The second-order valence-corrected chi connectivity index (χ2v) is 1.51. The maximum atomic E-state index is 10.6.